The van der Waals surface area contributed by atoms with E-state index in [2.05, 4.69) is 20.7 Å². The number of hydrogen-bond acceptors (Lipinski definition) is 3. The van der Waals surface area contributed by atoms with Crippen LogP contribution >= 0.6 is 15.9 Å². The van der Waals surface area contributed by atoms with E-state index < -0.39 is 11.8 Å². The summed E-state index contributed by atoms with van der Waals surface area (Å²) in [6.45, 7) is 2.33. The third-order valence-electron chi connectivity index (χ3n) is 2.01. The zero-order chi connectivity index (χ0) is 12.8. The van der Waals surface area contributed by atoms with Gasteiger partial charge in [0.15, 0.2) is 0 Å². The molecule has 0 spiro atoms. The van der Waals surface area contributed by atoms with Gasteiger partial charge in [-0.3, -0.25) is 0 Å². The van der Waals surface area contributed by atoms with Crippen molar-refractivity contribution < 1.29 is 18.7 Å². The molecule has 0 saturated carbocycles. The summed E-state index contributed by atoms with van der Waals surface area (Å²) in [7, 11) is 1.27. The third-order valence-corrected chi connectivity index (χ3v) is 2.62. The van der Waals surface area contributed by atoms with Crippen LogP contribution in [0.1, 0.15) is 22.8 Å². The van der Waals surface area contributed by atoms with E-state index in [4.69, 9.17) is 4.74 Å². The highest BCUT2D eigenvalue weighted by atomic mass is 79.9. The van der Waals surface area contributed by atoms with E-state index in [0.29, 0.717) is 12.2 Å². The molecule has 0 N–H and O–H groups in total. The lowest BCUT2D eigenvalue weighted by Gasteiger charge is -2.06. The SMILES string of the molecule is CCOC=Cc1cc(F)c(Br)cc1C(=O)OC. The van der Waals surface area contributed by atoms with Gasteiger partial charge >= 0.3 is 5.97 Å². The van der Waals surface area contributed by atoms with Crippen molar-refractivity contribution in [2.24, 2.45) is 0 Å². The second-order valence-corrected chi connectivity index (χ2v) is 3.96. The van der Waals surface area contributed by atoms with Gasteiger partial charge in [-0.25, -0.2) is 9.18 Å². The number of benzene rings is 1. The maximum absolute atomic E-state index is 13.4. The predicted molar refractivity (Wildman–Crippen MR) is 66.1 cm³/mol. The molecule has 0 aliphatic heterocycles. The average molecular weight is 303 g/mol. The molecule has 5 heteroatoms. The molecule has 0 saturated heterocycles. The Hall–Kier alpha value is -1.36. The monoisotopic (exact) mass is 302 g/mol. The first-order valence-electron chi connectivity index (χ1n) is 4.95. The molecule has 17 heavy (non-hydrogen) atoms. The highest BCUT2D eigenvalue weighted by Crippen LogP contribution is 2.22. The molecule has 0 atom stereocenters. The molecule has 92 valence electrons. The van der Waals surface area contributed by atoms with Crippen LogP contribution in [0.2, 0.25) is 0 Å². The topological polar surface area (TPSA) is 35.5 Å². The Balaban J connectivity index is 3.16. The second kappa shape index (κ2) is 6.39. The molecule has 1 rings (SSSR count). The van der Waals surface area contributed by atoms with Crippen molar-refractivity contribution in [1.29, 1.82) is 0 Å². The van der Waals surface area contributed by atoms with Gasteiger partial charge in [-0.15, -0.1) is 0 Å². The van der Waals surface area contributed by atoms with Gasteiger partial charge in [0.25, 0.3) is 0 Å². The van der Waals surface area contributed by atoms with Crippen molar-refractivity contribution in [2.75, 3.05) is 13.7 Å². The summed E-state index contributed by atoms with van der Waals surface area (Å²) in [6, 6.07) is 2.62. The Kier molecular flexibility index (Phi) is 5.15. The van der Waals surface area contributed by atoms with Crippen molar-refractivity contribution in [3.8, 4) is 0 Å². The summed E-state index contributed by atoms with van der Waals surface area (Å²) in [5, 5.41) is 0. The lowest BCUT2D eigenvalue weighted by Crippen LogP contribution is -2.04. The highest BCUT2D eigenvalue weighted by molar-refractivity contribution is 9.10. The minimum atomic E-state index is -0.526. The first-order chi connectivity index (χ1) is 8.10. The molecule has 1 aromatic carbocycles. The Morgan fingerprint density at radius 1 is 1.53 bits per heavy atom. The molecule has 0 aliphatic rings. The van der Waals surface area contributed by atoms with E-state index in [0.717, 1.165) is 0 Å². The average Bonchev–Trinajstić information content (AvgIpc) is 2.32. The lowest BCUT2D eigenvalue weighted by molar-refractivity contribution is 0.0600. The molecular weight excluding hydrogens is 291 g/mol. The first-order valence-corrected chi connectivity index (χ1v) is 5.75. The van der Waals surface area contributed by atoms with E-state index in [1.165, 1.54) is 31.6 Å². The zero-order valence-electron chi connectivity index (χ0n) is 9.50. The Bertz CT molecular complexity index is 444. The number of carbonyl (C=O) groups excluding carboxylic acids is 1. The third kappa shape index (κ3) is 3.56. The van der Waals surface area contributed by atoms with Crippen LogP contribution in [0.15, 0.2) is 22.9 Å². The molecule has 0 unspecified atom stereocenters. The highest BCUT2D eigenvalue weighted by Gasteiger charge is 2.13. The molecular formula is C12H12BrFO3. The zero-order valence-corrected chi connectivity index (χ0v) is 11.1. The van der Waals surface area contributed by atoms with Gasteiger partial charge in [0.2, 0.25) is 0 Å². The fourth-order valence-electron chi connectivity index (χ4n) is 1.20. The van der Waals surface area contributed by atoms with Gasteiger partial charge < -0.3 is 9.47 Å². The van der Waals surface area contributed by atoms with E-state index in [1.54, 1.807) is 0 Å². The summed E-state index contributed by atoms with van der Waals surface area (Å²) < 4.78 is 23.2. The molecule has 0 aromatic heterocycles. The standard InChI is InChI=1S/C12H12BrFO3/c1-3-17-5-4-8-6-11(14)10(13)7-9(8)12(15)16-2/h4-7H,3H2,1-2H3. The van der Waals surface area contributed by atoms with Crippen LogP contribution < -0.4 is 0 Å². The molecule has 0 heterocycles. The minimum absolute atomic E-state index is 0.214. The molecule has 0 radical (unpaired) electrons. The van der Waals surface area contributed by atoms with Gasteiger partial charge in [-0.2, -0.15) is 0 Å². The molecule has 0 aliphatic carbocycles. The summed E-state index contributed by atoms with van der Waals surface area (Å²) >= 11 is 3.02. The molecule has 0 bridgehead atoms. The number of methoxy groups -OCH3 is 1. The minimum Gasteiger partial charge on any atom is -0.501 e. The van der Waals surface area contributed by atoms with Crippen molar-refractivity contribution in [3.63, 3.8) is 0 Å². The maximum Gasteiger partial charge on any atom is 0.338 e. The van der Waals surface area contributed by atoms with Crippen LogP contribution in [-0.4, -0.2) is 19.7 Å². The molecule has 0 amide bonds. The number of carbonyl (C=O) groups is 1. The van der Waals surface area contributed by atoms with Crippen LogP contribution in [0.4, 0.5) is 4.39 Å². The maximum atomic E-state index is 13.4. The summed E-state index contributed by atoms with van der Waals surface area (Å²) in [5.41, 5.74) is 0.683. The van der Waals surface area contributed by atoms with Crippen LogP contribution in [0.5, 0.6) is 0 Å². The number of ether oxygens (including phenoxy) is 2. The number of hydrogen-bond donors (Lipinski definition) is 0. The number of esters is 1. The molecule has 0 fully saturated rings. The second-order valence-electron chi connectivity index (χ2n) is 3.10. The van der Waals surface area contributed by atoms with Crippen LogP contribution in [-0.2, 0) is 9.47 Å². The van der Waals surface area contributed by atoms with Gasteiger partial charge in [0.05, 0.1) is 30.0 Å². The van der Waals surface area contributed by atoms with Crippen LogP contribution in [0, 0.1) is 5.82 Å². The van der Waals surface area contributed by atoms with Crippen LogP contribution in [0.3, 0.4) is 0 Å². The lowest BCUT2D eigenvalue weighted by atomic mass is 10.1. The quantitative estimate of drug-likeness (QED) is 0.632. The summed E-state index contributed by atoms with van der Waals surface area (Å²) in [6.07, 6.45) is 2.93. The summed E-state index contributed by atoms with van der Waals surface area (Å²) in [5.74, 6) is -0.976. The predicted octanol–water partition coefficient (Wildman–Crippen LogP) is 3.38. The van der Waals surface area contributed by atoms with Crippen molar-refractivity contribution in [3.05, 3.63) is 39.8 Å². The molecule has 1 aromatic rings. The normalized spacial score (nSPS) is 10.6. The first kappa shape index (κ1) is 13.7. The van der Waals surface area contributed by atoms with E-state index in [1.807, 2.05) is 6.92 Å². The number of rotatable bonds is 4. The fraction of sp³-hybridized carbons (Fsp3) is 0.250. The van der Waals surface area contributed by atoms with Gasteiger partial charge in [-0.05, 0) is 46.6 Å². The van der Waals surface area contributed by atoms with Gasteiger partial charge in [0, 0.05) is 0 Å². The van der Waals surface area contributed by atoms with Crippen molar-refractivity contribution in [2.45, 2.75) is 6.92 Å². The van der Waals surface area contributed by atoms with Gasteiger partial charge in [0.1, 0.15) is 5.82 Å². The fourth-order valence-corrected chi connectivity index (χ4v) is 1.55. The van der Waals surface area contributed by atoms with E-state index in [9.17, 15) is 9.18 Å². The smallest absolute Gasteiger partial charge is 0.338 e. The Morgan fingerprint density at radius 3 is 2.82 bits per heavy atom. The largest absolute Gasteiger partial charge is 0.501 e. The Morgan fingerprint density at radius 2 is 2.24 bits per heavy atom. The Labute approximate surface area is 107 Å². The van der Waals surface area contributed by atoms with Crippen molar-refractivity contribution in [1.82, 2.24) is 0 Å². The van der Waals surface area contributed by atoms with E-state index >= 15 is 0 Å². The van der Waals surface area contributed by atoms with Gasteiger partial charge in [-0.1, -0.05) is 0 Å². The summed E-state index contributed by atoms with van der Waals surface area (Å²) in [4.78, 5) is 11.5. The van der Waals surface area contributed by atoms with E-state index in [-0.39, 0.29) is 10.0 Å². The van der Waals surface area contributed by atoms with Crippen LogP contribution in [0.25, 0.3) is 6.08 Å². The van der Waals surface area contributed by atoms with Crippen molar-refractivity contribution >= 4 is 28.0 Å². The number of halogens is 2. The molecule has 3 nitrogen and oxygen atoms in total.